The zero-order valence-electron chi connectivity index (χ0n) is 14.2. The summed E-state index contributed by atoms with van der Waals surface area (Å²) < 4.78 is 15.9. The SMILES string of the molecule is COc1coc(Oc2ccc(C(=O)N[C@@H]3C[C@@H]4CCN(C4)C3)cc2)c1. The van der Waals surface area contributed by atoms with Crippen LogP contribution < -0.4 is 14.8 Å². The average molecular weight is 342 g/mol. The lowest BCUT2D eigenvalue weighted by Crippen LogP contribution is -2.46. The molecule has 6 nitrogen and oxygen atoms in total. The fraction of sp³-hybridized carbons (Fsp3) is 0.421. The lowest BCUT2D eigenvalue weighted by Gasteiger charge is -2.30. The molecule has 4 rings (SSSR count). The number of benzene rings is 1. The van der Waals surface area contributed by atoms with E-state index in [0.717, 1.165) is 18.9 Å². The van der Waals surface area contributed by atoms with E-state index in [1.54, 1.807) is 37.4 Å². The van der Waals surface area contributed by atoms with Gasteiger partial charge >= 0.3 is 0 Å². The quantitative estimate of drug-likeness (QED) is 0.905. The van der Waals surface area contributed by atoms with Gasteiger partial charge in [0.15, 0.2) is 5.75 Å². The largest absolute Gasteiger partial charge is 0.493 e. The molecular weight excluding hydrogens is 320 g/mol. The summed E-state index contributed by atoms with van der Waals surface area (Å²) in [5.74, 6) is 2.26. The molecule has 2 aromatic rings. The second kappa shape index (κ2) is 6.80. The molecular formula is C19H22N2O4. The zero-order valence-corrected chi connectivity index (χ0v) is 14.2. The molecule has 3 heterocycles. The fourth-order valence-electron chi connectivity index (χ4n) is 3.68. The van der Waals surface area contributed by atoms with Gasteiger partial charge in [-0.05, 0) is 49.6 Å². The maximum Gasteiger partial charge on any atom is 0.293 e. The van der Waals surface area contributed by atoms with Crippen molar-refractivity contribution in [2.45, 2.75) is 18.9 Å². The van der Waals surface area contributed by atoms with Gasteiger partial charge in [-0.15, -0.1) is 0 Å². The van der Waals surface area contributed by atoms with Crippen LogP contribution in [0.3, 0.4) is 0 Å². The summed E-state index contributed by atoms with van der Waals surface area (Å²) >= 11 is 0. The highest BCUT2D eigenvalue weighted by Crippen LogP contribution is 2.28. The van der Waals surface area contributed by atoms with E-state index >= 15 is 0 Å². The highest BCUT2D eigenvalue weighted by molar-refractivity contribution is 5.94. The van der Waals surface area contributed by atoms with E-state index in [4.69, 9.17) is 13.9 Å². The van der Waals surface area contributed by atoms with Crippen LogP contribution in [0.15, 0.2) is 41.0 Å². The summed E-state index contributed by atoms with van der Waals surface area (Å²) in [6.45, 7) is 3.32. The van der Waals surface area contributed by atoms with Gasteiger partial charge in [0.2, 0.25) is 0 Å². The Balaban J connectivity index is 1.35. The van der Waals surface area contributed by atoms with Gasteiger partial charge in [0.05, 0.1) is 13.2 Å². The fourth-order valence-corrected chi connectivity index (χ4v) is 3.68. The lowest BCUT2D eigenvalue weighted by molar-refractivity contribution is 0.0909. The molecule has 1 aromatic carbocycles. The molecule has 0 radical (unpaired) electrons. The van der Waals surface area contributed by atoms with Crippen LogP contribution in [-0.4, -0.2) is 43.6 Å². The van der Waals surface area contributed by atoms with Crippen molar-refractivity contribution in [1.29, 1.82) is 0 Å². The Morgan fingerprint density at radius 3 is 2.80 bits per heavy atom. The molecule has 1 unspecified atom stereocenters. The Bertz CT molecular complexity index is 728. The number of nitrogens with one attached hydrogen (secondary N) is 1. The predicted molar refractivity (Wildman–Crippen MR) is 92.2 cm³/mol. The molecule has 3 atom stereocenters. The predicted octanol–water partition coefficient (Wildman–Crippen LogP) is 2.90. The van der Waals surface area contributed by atoms with Crippen LogP contribution in [0.5, 0.6) is 17.4 Å². The first kappa shape index (κ1) is 16.0. The van der Waals surface area contributed by atoms with E-state index < -0.39 is 0 Å². The number of nitrogens with zero attached hydrogens (tertiary/aromatic N) is 1. The number of carbonyl (C=O) groups is 1. The smallest absolute Gasteiger partial charge is 0.293 e. The molecule has 2 aliphatic heterocycles. The van der Waals surface area contributed by atoms with Crippen molar-refractivity contribution in [2.24, 2.45) is 5.92 Å². The Labute approximate surface area is 146 Å². The van der Waals surface area contributed by atoms with Crippen LogP contribution >= 0.6 is 0 Å². The van der Waals surface area contributed by atoms with Gasteiger partial charge in [-0.1, -0.05) is 0 Å². The molecule has 0 aliphatic carbocycles. The number of rotatable bonds is 5. The van der Waals surface area contributed by atoms with Crippen LogP contribution in [0.2, 0.25) is 0 Å². The van der Waals surface area contributed by atoms with E-state index in [9.17, 15) is 4.79 Å². The number of ether oxygens (including phenoxy) is 2. The summed E-state index contributed by atoms with van der Waals surface area (Å²) in [5.41, 5.74) is 0.636. The summed E-state index contributed by atoms with van der Waals surface area (Å²) in [6, 6.07) is 8.97. The van der Waals surface area contributed by atoms with Crippen LogP contribution in [0.25, 0.3) is 0 Å². The van der Waals surface area contributed by atoms with Crippen molar-refractivity contribution in [2.75, 3.05) is 26.7 Å². The van der Waals surface area contributed by atoms with Crippen LogP contribution in [0.1, 0.15) is 23.2 Å². The zero-order chi connectivity index (χ0) is 17.2. The standard InChI is InChI=1S/C19H22N2O4/c1-23-17-9-18(24-12-17)25-16-4-2-14(3-5-16)19(22)20-15-8-13-6-7-21(10-13)11-15/h2-5,9,12-13,15H,6-8,10-11H2,1H3,(H,20,22)/t13-,15+/m0/s1. The van der Waals surface area contributed by atoms with E-state index in [1.165, 1.54) is 25.8 Å². The van der Waals surface area contributed by atoms with Crippen molar-refractivity contribution in [1.82, 2.24) is 10.2 Å². The second-order valence-electron chi connectivity index (χ2n) is 6.75. The topological polar surface area (TPSA) is 63.9 Å². The van der Waals surface area contributed by atoms with Crippen molar-refractivity contribution in [3.05, 3.63) is 42.2 Å². The first-order valence-corrected chi connectivity index (χ1v) is 8.63. The Kier molecular flexibility index (Phi) is 4.36. The highest BCUT2D eigenvalue weighted by Gasteiger charge is 2.32. The Morgan fingerprint density at radius 2 is 2.08 bits per heavy atom. The lowest BCUT2D eigenvalue weighted by atomic mass is 9.96. The van der Waals surface area contributed by atoms with E-state index in [1.807, 2.05) is 0 Å². The molecule has 0 saturated carbocycles. The molecule has 2 bridgehead atoms. The number of methoxy groups -OCH3 is 1. The van der Waals surface area contributed by atoms with Gasteiger partial charge in [0, 0.05) is 24.7 Å². The summed E-state index contributed by atoms with van der Waals surface area (Å²) in [7, 11) is 1.57. The molecule has 1 amide bonds. The van der Waals surface area contributed by atoms with Gasteiger partial charge in [-0.25, -0.2) is 0 Å². The third-order valence-corrected chi connectivity index (χ3v) is 4.92. The molecule has 132 valence electrons. The molecule has 1 N–H and O–H groups in total. The van der Waals surface area contributed by atoms with E-state index in [2.05, 4.69) is 10.2 Å². The minimum Gasteiger partial charge on any atom is -0.493 e. The highest BCUT2D eigenvalue weighted by atomic mass is 16.6. The van der Waals surface area contributed by atoms with Crippen LogP contribution in [0.4, 0.5) is 0 Å². The molecule has 2 saturated heterocycles. The number of furan rings is 1. The first-order valence-electron chi connectivity index (χ1n) is 8.63. The van der Waals surface area contributed by atoms with Gasteiger partial charge in [0.25, 0.3) is 11.9 Å². The van der Waals surface area contributed by atoms with Gasteiger partial charge in [0.1, 0.15) is 12.0 Å². The number of fused-ring (bicyclic) bond motifs is 2. The molecule has 25 heavy (non-hydrogen) atoms. The number of piperidine rings is 1. The van der Waals surface area contributed by atoms with E-state index in [-0.39, 0.29) is 11.9 Å². The molecule has 1 aromatic heterocycles. The molecule has 6 heteroatoms. The average Bonchev–Trinajstić information content (AvgIpc) is 3.21. The minimum atomic E-state index is -0.0290. The third kappa shape index (κ3) is 3.64. The molecule has 2 aliphatic rings. The minimum absolute atomic E-state index is 0.0290. The summed E-state index contributed by atoms with van der Waals surface area (Å²) in [5, 5.41) is 3.16. The van der Waals surface area contributed by atoms with Crippen molar-refractivity contribution in [3.8, 4) is 17.4 Å². The second-order valence-corrected chi connectivity index (χ2v) is 6.75. The number of carbonyl (C=O) groups excluding carboxylic acids is 1. The van der Waals surface area contributed by atoms with Gasteiger partial charge in [-0.3, -0.25) is 4.79 Å². The van der Waals surface area contributed by atoms with Gasteiger partial charge < -0.3 is 24.1 Å². The number of hydrogen-bond donors (Lipinski definition) is 1. The first-order chi connectivity index (χ1) is 12.2. The molecule has 2 fully saturated rings. The van der Waals surface area contributed by atoms with Crippen LogP contribution in [-0.2, 0) is 0 Å². The van der Waals surface area contributed by atoms with Crippen molar-refractivity contribution < 1.29 is 18.7 Å². The monoisotopic (exact) mass is 342 g/mol. The molecule has 0 spiro atoms. The summed E-state index contributed by atoms with van der Waals surface area (Å²) in [4.78, 5) is 14.9. The van der Waals surface area contributed by atoms with Crippen LogP contribution in [0, 0.1) is 5.92 Å². The Morgan fingerprint density at radius 1 is 1.24 bits per heavy atom. The summed E-state index contributed by atoms with van der Waals surface area (Å²) in [6.07, 6.45) is 3.82. The number of hydrogen-bond acceptors (Lipinski definition) is 5. The maximum atomic E-state index is 12.5. The van der Waals surface area contributed by atoms with Crippen molar-refractivity contribution >= 4 is 5.91 Å². The Hall–Kier alpha value is -2.47. The van der Waals surface area contributed by atoms with E-state index in [0.29, 0.717) is 23.0 Å². The maximum absolute atomic E-state index is 12.5. The number of amides is 1. The third-order valence-electron chi connectivity index (χ3n) is 4.92. The van der Waals surface area contributed by atoms with Crippen molar-refractivity contribution in [3.63, 3.8) is 0 Å². The van der Waals surface area contributed by atoms with Gasteiger partial charge in [-0.2, -0.15) is 0 Å². The normalized spacial score (nSPS) is 24.8.